The molecule has 0 bridgehead atoms. The number of carbonyl (C=O) groups is 2. The molecule has 5 rings (SSSR count). The molecule has 0 aliphatic carbocycles. The van der Waals surface area contributed by atoms with E-state index in [2.05, 4.69) is 50.1 Å². The zero-order valence-corrected chi connectivity index (χ0v) is 25.7. The molecule has 10 heteroatoms. The van der Waals surface area contributed by atoms with Gasteiger partial charge in [0.05, 0.1) is 39.9 Å². The quantitative estimate of drug-likeness (QED) is 0.298. The van der Waals surface area contributed by atoms with Gasteiger partial charge in [-0.05, 0) is 42.7 Å². The number of anilines is 1. The van der Waals surface area contributed by atoms with Gasteiger partial charge in [0.15, 0.2) is 11.5 Å². The number of hydrogen-bond acceptors (Lipinski definition) is 6. The van der Waals surface area contributed by atoms with E-state index in [1.807, 2.05) is 46.0 Å². The van der Waals surface area contributed by atoms with Crippen molar-refractivity contribution in [2.75, 3.05) is 52.5 Å². The number of unbranched alkanes of at least 4 members (excludes halogenated alkanes) is 1. The van der Waals surface area contributed by atoms with Crippen LogP contribution in [0, 0.1) is 5.92 Å². The lowest BCUT2D eigenvalue weighted by molar-refractivity contribution is -0.884. The van der Waals surface area contributed by atoms with Crippen molar-refractivity contribution >= 4 is 17.6 Å². The second-order valence-electron chi connectivity index (χ2n) is 12.7. The number of rotatable bonds is 13. The summed E-state index contributed by atoms with van der Waals surface area (Å²) in [4.78, 5) is 35.1. The average Bonchev–Trinajstić information content (AvgIpc) is 3.71. The first-order valence-electron chi connectivity index (χ1n) is 15.1. The lowest BCUT2D eigenvalue weighted by atomic mass is 9.84. The number of aryl methyl sites for hydroxylation is 1. The molecule has 3 aromatic rings. The van der Waals surface area contributed by atoms with Crippen LogP contribution in [0.3, 0.4) is 0 Å². The molecular weight excluding hydrogens is 546 g/mol. The van der Waals surface area contributed by atoms with E-state index in [1.54, 1.807) is 12.5 Å². The van der Waals surface area contributed by atoms with Crippen LogP contribution in [-0.4, -0.2) is 89.5 Å². The van der Waals surface area contributed by atoms with Gasteiger partial charge in [0.1, 0.15) is 6.54 Å². The van der Waals surface area contributed by atoms with Crippen molar-refractivity contribution in [1.29, 1.82) is 0 Å². The standard InChI is InChI=1S/C33H43N5O5/c1-5-6-14-37(26-9-7-8-24(17-26)21-38(2,3)4)31(39)20-36-19-27(25-10-11-29-30(18-25)43-23-42-29)32(33(40)41)28(36)12-15-35-16-13-34-22-35/h7-11,13,16-18,22,27-28,32H,5-6,12,14-15,19-21,23H2,1-4H3/p+1/t27-,28+,32-/m1/s1. The van der Waals surface area contributed by atoms with E-state index in [0.29, 0.717) is 37.6 Å². The number of likely N-dealkylation sites (tertiary alicyclic amines) is 1. The summed E-state index contributed by atoms with van der Waals surface area (Å²) >= 11 is 0. The highest BCUT2D eigenvalue weighted by atomic mass is 16.7. The molecule has 1 N–H and O–H groups in total. The van der Waals surface area contributed by atoms with Gasteiger partial charge in [-0.25, -0.2) is 4.98 Å². The van der Waals surface area contributed by atoms with Gasteiger partial charge in [0.2, 0.25) is 12.7 Å². The third-order valence-electron chi connectivity index (χ3n) is 8.35. The summed E-state index contributed by atoms with van der Waals surface area (Å²) in [6.07, 6.45) is 7.77. The second-order valence-corrected chi connectivity index (χ2v) is 12.7. The van der Waals surface area contributed by atoms with Crippen molar-refractivity contribution in [3.05, 3.63) is 72.3 Å². The Morgan fingerprint density at radius 1 is 1.12 bits per heavy atom. The van der Waals surface area contributed by atoms with E-state index in [4.69, 9.17) is 9.47 Å². The number of amides is 1. The van der Waals surface area contributed by atoms with E-state index in [0.717, 1.165) is 35.1 Å². The molecule has 1 aromatic heterocycles. The Bertz CT molecular complexity index is 1400. The summed E-state index contributed by atoms with van der Waals surface area (Å²) in [5.41, 5.74) is 2.95. The maximum Gasteiger partial charge on any atom is 0.308 e. The maximum absolute atomic E-state index is 14.1. The Balaban J connectivity index is 1.43. The van der Waals surface area contributed by atoms with E-state index >= 15 is 0 Å². The number of nitrogens with zero attached hydrogens (tertiary/aromatic N) is 5. The number of hydrogen-bond donors (Lipinski definition) is 1. The molecule has 2 aromatic carbocycles. The van der Waals surface area contributed by atoms with Gasteiger partial charge in [-0.15, -0.1) is 0 Å². The van der Waals surface area contributed by atoms with Crippen LogP contribution < -0.4 is 14.4 Å². The highest BCUT2D eigenvalue weighted by molar-refractivity contribution is 5.95. The molecule has 43 heavy (non-hydrogen) atoms. The first kappa shape index (κ1) is 30.6. The summed E-state index contributed by atoms with van der Waals surface area (Å²) in [5.74, 6) is -0.566. The summed E-state index contributed by atoms with van der Waals surface area (Å²) in [5, 5.41) is 10.5. The highest BCUT2D eigenvalue weighted by Gasteiger charge is 2.47. The van der Waals surface area contributed by atoms with Crippen molar-refractivity contribution in [1.82, 2.24) is 14.5 Å². The molecule has 1 amide bonds. The average molecular weight is 591 g/mol. The lowest BCUT2D eigenvalue weighted by Crippen LogP contribution is -2.45. The lowest BCUT2D eigenvalue weighted by Gasteiger charge is -2.30. The van der Waals surface area contributed by atoms with Crippen molar-refractivity contribution in [3.8, 4) is 11.5 Å². The van der Waals surface area contributed by atoms with Crippen molar-refractivity contribution in [2.45, 2.75) is 51.2 Å². The molecule has 3 atom stereocenters. The molecule has 230 valence electrons. The number of ether oxygens (including phenoxy) is 2. The molecule has 0 saturated carbocycles. The zero-order chi connectivity index (χ0) is 30.6. The van der Waals surface area contributed by atoms with E-state index in [9.17, 15) is 14.7 Å². The van der Waals surface area contributed by atoms with Crippen LogP contribution in [0.15, 0.2) is 61.2 Å². The summed E-state index contributed by atoms with van der Waals surface area (Å²) < 4.78 is 13.8. The number of benzene rings is 2. The van der Waals surface area contributed by atoms with Gasteiger partial charge >= 0.3 is 5.97 Å². The third kappa shape index (κ3) is 7.37. The van der Waals surface area contributed by atoms with E-state index < -0.39 is 11.9 Å². The minimum Gasteiger partial charge on any atom is -0.481 e. The van der Waals surface area contributed by atoms with Gasteiger partial charge in [-0.2, -0.15) is 0 Å². The Labute approximate surface area is 254 Å². The second kappa shape index (κ2) is 13.2. The predicted molar refractivity (Wildman–Crippen MR) is 164 cm³/mol. The van der Waals surface area contributed by atoms with Crippen molar-refractivity contribution in [3.63, 3.8) is 0 Å². The number of aliphatic carboxylic acids is 1. The van der Waals surface area contributed by atoms with Crippen LogP contribution in [0.4, 0.5) is 5.69 Å². The van der Waals surface area contributed by atoms with Gasteiger partial charge < -0.3 is 28.5 Å². The fraction of sp³-hybridized carbons (Fsp3) is 0.485. The number of quaternary nitrogens is 1. The van der Waals surface area contributed by atoms with Crippen LogP contribution in [0.1, 0.15) is 43.2 Å². The molecule has 0 spiro atoms. The number of fused-ring (bicyclic) bond motifs is 1. The van der Waals surface area contributed by atoms with Crippen LogP contribution in [0.2, 0.25) is 0 Å². The summed E-state index contributed by atoms with van der Waals surface area (Å²) in [6.45, 7) is 4.95. The van der Waals surface area contributed by atoms with Gasteiger partial charge in [0, 0.05) is 55.2 Å². The van der Waals surface area contributed by atoms with Crippen LogP contribution in [-0.2, 0) is 22.7 Å². The highest BCUT2D eigenvalue weighted by Crippen LogP contribution is 2.43. The van der Waals surface area contributed by atoms with Gasteiger partial charge in [-0.3, -0.25) is 14.5 Å². The van der Waals surface area contributed by atoms with Crippen LogP contribution in [0.25, 0.3) is 0 Å². The summed E-state index contributed by atoms with van der Waals surface area (Å²) in [6, 6.07) is 13.6. The molecule has 2 aliphatic rings. The number of carboxylic acid groups (broad SMARTS) is 1. The molecule has 0 radical (unpaired) electrons. The topological polar surface area (TPSA) is 97.1 Å². The SMILES string of the molecule is CCCCN(C(=O)CN1C[C@H](c2ccc3c(c2)OCO3)[C@@H](C(=O)O)[C@@H]1CCn1ccnc1)c1cccc(C[N+](C)(C)C)c1. The Hall–Kier alpha value is -3.89. The molecule has 1 saturated heterocycles. The molecule has 2 aliphatic heterocycles. The number of aromatic nitrogens is 2. The molecular formula is C33H44N5O5+. The number of imidazole rings is 1. The summed E-state index contributed by atoms with van der Waals surface area (Å²) in [7, 11) is 6.46. The monoisotopic (exact) mass is 590 g/mol. The van der Waals surface area contributed by atoms with Crippen LogP contribution in [0.5, 0.6) is 11.5 Å². The van der Waals surface area contributed by atoms with Gasteiger partial charge in [0.25, 0.3) is 0 Å². The first-order chi connectivity index (χ1) is 20.6. The zero-order valence-electron chi connectivity index (χ0n) is 25.7. The first-order valence-corrected chi connectivity index (χ1v) is 15.1. The molecule has 3 heterocycles. The predicted octanol–water partition coefficient (Wildman–Crippen LogP) is 4.21. The third-order valence-corrected chi connectivity index (χ3v) is 8.35. The van der Waals surface area contributed by atoms with Gasteiger partial charge in [-0.1, -0.05) is 31.5 Å². The minimum atomic E-state index is -0.857. The minimum absolute atomic E-state index is 0.0149. The Morgan fingerprint density at radius 3 is 2.65 bits per heavy atom. The largest absolute Gasteiger partial charge is 0.481 e. The Kier molecular flexibility index (Phi) is 9.37. The smallest absolute Gasteiger partial charge is 0.308 e. The van der Waals surface area contributed by atoms with Crippen LogP contribution >= 0.6 is 0 Å². The maximum atomic E-state index is 14.1. The molecule has 0 unspecified atom stereocenters. The Morgan fingerprint density at radius 2 is 1.93 bits per heavy atom. The van der Waals surface area contributed by atoms with E-state index in [-0.39, 0.29) is 31.2 Å². The number of carbonyl (C=O) groups excluding carboxylic acids is 1. The number of carboxylic acids is 1. The fourth-order valence-electron chi connectivity index (χ4n) is 6.38. The fourth-order valence-corrected chi connectivity index (χ4v) is 6.38. The van der Waals surface area contributed by atoms with E-state index in [1.165, 1.54) is 5.56 Å². The van der Waals surface area contributed by atoms with Crippen molar-refractivity contribution in [2.24, 2.45) is 5.92 Å². The normalized spacial score (nSPS) is 20.0. The molecule has 10 nitrogen and oxygen atoms in total. The molecule has 1 fully saturated rings. The van der Waals surface area contributed by atoms with Crippen molar-refractivity contribution < 1.29 is 28.7 Å².